The SMILES string of the molecule is CCC(CCCC(=O)OC(C)(C)C)c1cc(-c2ccc(OC(F)(F)F)cc2)c2c(c1C(O)CO)N=CCN2. The van der Waals surface area contributed by atoms with Crippen LogP contribution in [0.2, 0.25) is 0 Å². The molecule has 0 saturated carbocycles. The van der Waals surface area contributed by atoms with Crippen LogP contribution >= 0.6 is 0 Å². The van der Waals surface area contributed by atoms with Crippen molar-refractivity contribution in [1.82, 2.24) is 0 Å². The van der Waals surface area contributed by atoms with E-state index in [4.69, 9.17) is 4.74 Å². The number of benzene rings is 2. The van der Waals surface area contributed by atoms with Crippen LogP contribution in [0.1, 0.15) is 76.5 Å². The number of rotatable bonds is 10. The fourth-order valence-corrected chi connectivity index (χ4v) is 4.61. The van der Waals surface area contributed by atoms with E-state index in [1.165, 1.54) is 24.3 Å². The average molecular weight is 537 g/mol. The number of anilines is 1. The van der Waals surface area contributed by atoms with E-state index < -0.39 is 24.7 Å². The summed E-state index contributed by atoms with van der Waals surface area (Å²) in [7, 11) is 0. The molecule has 2 unspecified atom stereocenters. The molecule has 0 saturated heterocycles. The predicted molar refractivity (Wildman–Crippen MR) is 140 cm³/mol. The molecule has 208 valence electrons. The summed E-state index contributed by atoms with van der Waals surface area (Å²) in [6, 6.07) is 7.45. The summed E-state index contributed by atoms with van der Waals surface area (Å²) in [4.78, 5) is 16.8. The van der Waals surface area contributed by atoms with Gasteiger partial charge in [0.1, 0.15) is 17.5 Å². The second-order valence-corrected chi connectivity index (χ2v) is 10.2. The Bertz CT molecular complexity index is 1140. The van der Waals surface area contributed by atoms with Gasteiger partial charge in [0, 0.05) is 23.8 Å². The molecule has 0 spiro atoms. The number of carbonyl (C=O) groups excluding carboxylic acids is 1. The maximum Gasteiger partial charge on any atom is 0.573 e. The third-order valence-electron chi connectivity index (χ3n) is 6.15. The van der Waals surface area contributed by atoms with Gasteiger partial charge in [0.15, 0.2) is 0 Å². The predicted octanol–water partition coefficient (Wildman–Crippen LogP) is 6.41. The van der Waals surface area contributed by atoms with Crippen LogP contribution in [0.4, 0.5) is 24.5 Å². The summed E-state index contributed by atoms with van der Waals surface area (Å²) in [5.41, 5.74) is 3.12. The van der Waals surface area contributed by atoms with Crippen molar-refractivity contribution in [1.29, 1.82) is 0 Å². The van der Waals surface area contributed by atoms with E-state index in [0.717, 1.165) is 5.56 Å². The van der Waals surface area contributed by atoms with Crippen molar-refractivity contribution in [3.63, 3.8) is 0 Å². The number of nitrogens with zero attached hydrogens (tertiary/aromatic N) is 1. The zero-order valence-electron chi connectivity index (χ0n) is 22.1. The highest BCUT2D eigenvalue weighted by Gasteiger charge is 2.31. The van der Waals surface area contributed by atoms with Gasteiger partial charge in [-0.05, 0) is 75.3 Å². The van der Waals surface area contributed by atoms with Crippen LogP contribution in [-0.4, -0.2) is 47.5 Å². The summed E-state index contributed by atoms with van der Waals surface area (Å²) in [6.07, 6.45) is -2.22. The van der Waals surface area contributed by atoms with Gasteiger partial charge in [-0.15, -0.1) is 13.2 Å². The molecule has 3 rings (SSSR count). The standard InChI is InChI=1S/C28H35F3N2O5/c1-5-17(7-6-8-23(36)38-27(2,3)4)20-15-21(18-9-11-19(12-10-18)37-28(29,30)31)25-26(33-14-13-32-25)24(20)22(35)16-34/h9-12,14-15,17,22,32,34-35H,5-8,13,16H2,1-4H3. The number of fused-ring (bicyclic) bond motifs is 1. The Hall–Kier alpha value is -3.11. The lowest BCUT2D eigenvalue weighted by atomic mass is 9.82. The normalized spacial score (nSPS) is 14.9. The first kappa shape index (κ1) is 29.4. The number of hydrogen-bond acceptors (Lipinski definition) is 7. The molecule has 1 aliphatic heterocycles. The van der Waals surface area contributed by atoms with E-state index in [9.17, 15) is 28.2 Å². The van der Waals surface area contributed by atoms with Crippen molar-refractivity contribution >= 4 is 23.6 Å². The quantitative estimate of drug-likeness (QED) is 0.304. The van der Waals surface area contributed by atoms with Gasteiger partial charge in [-0.25, -0.2) is 0 Å². The zero-order valence-corrected chi connectivity index (χ0v) is 22.1. The molecule has 10 heteroatoms. The largest absolute Gasteiger partial charge is 0.573 e. The van der Waals surface area contributed by atoms with E-state index in [0.29, 0.717) is 53.9 Å². The molecule has 0 amide bonds. The lowest BCUT2D eigenvalue weighted by molar-refractivity contribution is -0.274. The van der Waals surface area contributed by atoms with Crippen LogP contribution in [0.15, 0.2) is 35.3 Å². The number of aliphatic hydroxyl groups excluding tert-OH is 2. The first-order valence-electron chi connectivity index (χ1n) is 12.7. The Morgan fingerprint density at radius 3 is 2.45 bits per heavy atom. The summed E-state index contributed by atoms with van der Waals surface area (Å²) in [5, 5.41) is 23.9. The Morgan fingerprint density at radius 2 is 1.87 bits per heavy atom. The molecule has 38 heavy (non-hydrogen) atoms. The molecule has 0 bridgehead atoms. The number of carbonyl (C=O) groups is 1. The lowest BCUT2D eigenvalue weighted by Crippen LogP contribution is -2.23. The Balaban J connectivity index is 2.01. The number of halogens is 3. The number of nitrogens with one attached hydrogen (secondary N) is 1. The van der Waals surface area contributed by atoms with Crippen LogP contribution in [0.3, 0.4) is 0 Å². The third kappa shape index (κ3) is 7.70. The van der Waals surface area contributed by atoms with Crippen LogP contribution < -0.4 is 10.1 Å². The van der Waals surface area contributed by atoms with Crippen molar-refractivity contribution in [2.75, 3.05) is 18.5 Å². The molecule has 7 nitrogen and oxygen atoms in total. The third-order valence-corrected chi connectivity index (χ3v) is 6.15. The molecular formula is C28H35F3N2O5. The minimum atomic E-state index is -4.79. The number of aliphatic imine (C=N–C) groups is 1. The second-order valence-electron chi connectivity index (χ2n) is 10.2. The number of aliphatic hydroxyl groups is 2. The molecule has 3 N–H and O–H groups in total. The van der Waals surface area contributed by atoms with Gasteiger partial charge < -0.3 is 25.0 Å². The first-order chi connectivity index (χ1) is 17.8. The van der Waals surface area contributed by atoms with Gasteiger partial charge in [-0.1, -0.05) is 19.1 Å². The number of esters is 1. The van der Waals surface area contributed by atoms with Crippen LogP contribution in [0, 0.1) is 0 Å². The number of hydrogen-bond donors (Lipinski definition) is 3. The van der Waals surface area contributed by atoms with Gasteiger partial charge in [-0.2, -0.15) is 0 Å². The maximum atomic E-state index is 12.6. The molecule has 1 heterocycles. The maximum absolute atomic E-state index is 12.6. The Labute approximate surface area is 220 Å². The Kier molecular flexibility index (Phi) is 9.43. The average Bonchev–Trinajstić information content (AvgIpc) is 2.84. The molecule has 0 fully saturated rings. The molecule has 0 aliphatic carbocycles. The molecule has 2 aromatic rings. The lowest BCUT2D eigenvalue weighted by Gasteiger charge is -2.28. The zero-order chi connectivity index (χ0) is 28.1. The monoisotopic (exact) mass is 536 g/mol. The summed E-state index contributed by atoms with van der Waals surface area (Å²) >= 11 is 0. The fraction of sp³-hybridized carbons (Fsp3) is 0.500. The summed E-state index contributed by atoms with van der Waals surface area (Å²) < 4.78 is 47.3. The summed E-state index contributed by atoms with van der Waals surface area (Å²) in [6.45, 7) is 7.35. The van der Waals surface area contributed by atoms with Gasteiger partial charge in [0.05, 0.1) is 24.5 Å². The first-order valence-corrected chi connectivity index (χ1v) is 12.7. The van der Waals surface area contributed by atoms with Crippen molar-refractivity contribution in [3.8, 4) is 16.9 Å². The van der Waals surface area contributed by atoms with Crippen LogP contribution in [0.25, 0.3) is 11.1 Å². The minimum absolute atomic E-state index is 0.0809. The van der Waals surface area contributed by atoms with Crippen molar-refractivity contribution in [2.24, 2.45) is 4.99 Å². The number of ether oxygens (including phenoxy) is 2. The topological polar surface area (TPSA) is 100 Å². The molecule has 1 aliphatic rings. The van der Waals surface area contributed by atoms with Crippen molar-refractivity contribution in [2.45, 2.75) is 77.4 Å². The van der Waals surface area contributed by atoms with Crippen molar-refractivity contribution < 1.29 is 37.7 Å². The van der Waals surface area contributed by atoms with E-state index in [1.54, 1.807) is 6.21 Å². The molecule has 0 radical (unpaired) electrons. The number of alkyl halides is 3. The van der Waals surface area contributed by atoms with E-state index in [1.807, 2.05) is 33.8 Å². The van der Waals surface area contributed by atoms with E-state index in [2.05, 4.69) is 15.0 Å². The van der Waals surface area contributed by atoms with Gasteiger partial charge in [0.25, 0.3) is 0 Å². The highest BCUT2D eigenvalue weighted by molar-refractivity contribution is 5.94. The van der Waals surface area contributed by atoms with Gasteiger partial charge >= 0.3 is 12.3 Å². The van der Waals surface area contributed by atoms with Gasteiger partial charge in [-0.3, -0.25) is 9.79 Å². The fourth-order valence-electron chi connectivity index (χ4n) is 4.61. The highest BCUT2D eigenvalue weighted by atomic mass is 19.4. The van der Waals surface area contributed by atoms with E-state index >= 15 is 0 Å². The van der Waals surface area contributed by atoms with Gasteiger partial charge in [0.2, 0.25) is 0 Å². The van der Waals surface area contributed by atoms with Crippen molar-refractivity contribution in [3.05, 3.63) is 41.5 Å². The smallest absolute Gasteiger partial charge is 0.460 e. The second kappa shape index (κ2) is 12.2. The molecule has 2 aromatic carbocycles. The minimum Gasteiger partial charge on any atom is -0.460 e. The summed E-state index contributed by atoms with van der Waals surface area (Å²) in [5.74, 6) is -0.700. The highest BCUT2D eigenvalue weighted by Crippen LogP contribution is 2.47. The molecular weight excluding hydrogens is 501 g/mol. The molecule has 0 aromatic heterocycles. The van der Waals surface area contributed by atoms with E-state index in [-0.39, 0.29) is 24.1 Å². The molecule has 2 atom stereocenters. The van der Waals surface area contributed by atoms with Crippen LogP contribution in [-0.2, 0) is 9.53 Å². The van der Waals surface area contributed by atoms with Crippen LogP contribution in [0.5, 0.6) is 5.75 Å². The Morgan fingerprint density at radius 1 is 1.18 bits per heavy atom.